The molecule has 46 heavy (non-hydrogen) atoms. The Hall–Kier alpha value is -5.93. The number of pyridine rings is 1. The van der Waals surface area contributed by atoms with Crippen LogP contribution in [-0.2, 0) is 5.41 Å². The SMILES string of the molecule is C1=CC(c2ccc(-c3ccc4c(c3)Oc3ccccc3C4(c3ccccc3)c3ccccc3)cc2)Nc2c1ccc1cccnc21. The summed E-state index contributed by atoms with van der Waals surface area (Å²) in [6, 6.07) is 54.0. The average Bonchev–Trinajstić information content (AvgIpc) is 3.14. The number of nitrogens with one attached hydrogen (secondary N) is 1. The highest BCUT2D eigenvalue weighted by atomic mass is 16.5. The Bertz CT molecular complexity index is 2220. The molecule has 0 saturated carbocycles. The lowest BCUT2D eigenvalue weighted by atomic mass is 9.63. The van der Waals surface area contributed by atoms with Gasteiger partial charge in [0, 0.05) is 22.7 Å². The second-order valence-corrected chi connectivity index (χ2v) is 12.0. The fraction of sp³-hybridized carbons (Fsp3) is 0.0465. The fourth-order valence-corrected chi connectivity index (χ4v) is 7.32. The van der Waals surface area contributed by atoms with Gasteiger partial charge in [-0.15, -0.1) is 0 Å². The van der Waals surface area contributed by atoms with Gasteiger partial charge in [-0.2, -0.15) is 0 Å². The summed E-state index contributed by atoms with van der Waals surface area (Å²) in [6.45, 7) is 0. The highest BCUT2D eigenvalue weighted by Crippen LogP contribution is 2.55. The zero-order valence-corrected chi connectivity index (χ0v) is 25.1. The summed E-state index contributed by atoms with van der Waals surface area (Å²) in [5.74, 6) is 1.76. The van der Waals surface area contributed by atoms with Gasteiger partial charge in [0.05, 0.1) is 22.7 Å². The van der Waals surface area contributed by atoms with Crippen molar-refractivity contribution in [2.75, 3.05) is 5.32 Å². The molecule has 1 unspecified atom stereocenters. The molecule has 218 valence electrons. The predicted molar refractivity (Wildman–Crippen MR) is 187 cm³/mol. The minimum atomic E-state index is -0.511. The van der Waals surface area contributed by atoms with Crippen molar-refractivity contribution in [1.82, 2.24) is 4.98 Å². The van der Waals surface area contributed by atoms with Crippen molar-refractivity contribution in [2.45, 2.75) is 11.5 Å². The predicted octanol–water partition coefficient (Wildman–Crippen LogP) is 10.6. The monoisotopic (exact) mass is 590 g/mol. The Kier molecular flexibility index (Phi) is 6.10. The smallest absolute Gasteiger partial charge is 0.132 e. The van der Waals surface area contributed by atoms with Crippen LogP contribution in [0.15, 0.2) is 164 Å². The third-order valence-electron chi connectivity index (χ3n) is 9.49. The zero-order valence-electron chi connectivity index (χ0n) is 25.1. The van der Waals surface area contributed by atoms with Gasteiger partial charge in [0.1, 0.15) is 11.5 Å². The number of ether oxygens (including phenoxy) is 1. The summed E-state index contributed by atoms with van der Waals surface area (Å²) in [4.78, 5) is 4.67. The first-order valence-electron chi connectivity index (χ1n) is 15.7. The molecule has 1 N–H and O–H groups in total. The van der Waals surface area contributed by atoms with E-state index in [9.17, 15) is 0 Å². The van der Waals surface area contributed by atoms with Crippen LogP contribution < -0.4 is 10.1 Å². The Morgan fingerprint density at radius 1 is 0.587 bits per heavy atom. The second-order valence-electron chi connectivity index (χ2n) is 12.0. The van der Waals surface area contributed by atoms with E-state index in [1.807, 2.05) is 12.3 Å². The van der Waals surface area contributed by atoms with Crippen LogP contribution in [0.3, 0.4) is 0 Å². The van der Waals surface area contributed by atoms with Crippen LogP contribution in [-0.4, -0.2) is 4.98 Å². The molecule has 3 heterocycles. The maximum Gasteiger partial charge on any atom is 0.132 e. The Labute approximate surface area is 268 Å². The Morgan fingerprint density at radius 3 is 2.07 bits per heavy atom. The van der Waals surface area contributed by atoms with Crippen LogP contribution in [0.4, 0.5) is 5.69 Å². The normalized spacial score (nSPS) is 15.6. The molecule has 3 heteroatoms. The van der Waals surface area contributed by atoms with E-state index in [0.717, 1.165) is 55.9 Å². The number of hydrogen-bond donors (Lipinski definition) is 1. The Balaban J connectivity index is 1.11. The zero-order chi connectivity index (χ0) is 30.5. The lowest BCUT2D eigenvalue weighted by Gasteiger charge is -2.41. The summed E-state index contributed by atoms with van der Waals surface area (Å²) in [6.07, 6.45) is 6.28. The molecule has 7 aromatic rings. The molecule has 0 fully saturated rings. The van der Waals surface area contributed by atoms with E-state index in [2.05, 4.69) is 168 Å². The number of benzene rings is 6. The third-order valence-corrected chi connectivity index (χ3v) is 9.49. The van der Waals surface area contributed by atoms with Gasteiger partial charge in [0.25, 0.3) is 0 Å². The van der Waals surface area contributed by atoms with Crippen molar-refractivity contribution >= 4 is 22.7 Å². The van der Waals surface area contributed by atoms with Crippen molar-refractivity contribution in [2.24, 2.45) is 0 Å². The molecule has 2 aliphatic heterocycles. The highest BCUT2D eigenvalue weighted by molar-refractivity contribution is 5.96. The van der Waals surface area contributed by atoms with Crippen LogP contribution >= 0.6 is 0 Å². The largest absolute Gasteiger partial charge is 0.457 e. The number of aromatic nitrogens is 1. The average molecular weight is 591 g/mol. The van der Waals surface area contributed by atoms with Crippen molar-refractivity contribution in [1.29, 1.82) is 0 Å². The minimum Gasteiger partial charge on any atom is -0.457 e. The van der Waals surface area contributed by atoms with E-state index in [0.29, 0.717) is 0 Å². The molecule has 2 aliphatic rings. The summed E-state index contributed by atoms with van der Waals surface area (Å²) in [5.41, 5.74) is 10.9. The molecule has 6 aromatic carbocycles. The molecule has 0 saturated heterocycles. The Morgan fingerprint density at radius 2 is 1.28 bits per heavy atom. The van der Waals surface area contributed by atoms with E-state index in [1.54, 1.807) is 0 Å². The van der Waals surface area contributed by atoms with Crippen molar-refractivity contribution in [3.63, 3.8) is 0 Å². The van der Waals surface area contributed by atoms with Gasteiger partial charge in [-0.1, -0.05) is 146 Å². The topological polar surface area (TPSA) is 34.1 Å². The van der Waals surface area contributed by atoms with Crippen LogP contribution in [0, 0.1) is 0 Å². The fourth-order valence-electron chi connectivity index (χ4n) is 7.32. The van der Waals surface area contributed by atoms with Gasteiger partial charge in [0.2, 0.25) is 0 Å². The molecule has 0 amide bonds. The van der Waals surface area contributed by atoms with E-state index < -0.39 is 5.41 Å². The first-order chi connectivity index (χ1) is 22.8. The quantitative estimate of drug-likeness (QED) is 0.221. The number of hydrogen-bond acceptors (Lipinski definition) is 3. The first kappa shape index (κ1) is 26.5. The van der Waals surface area contributed by atoms with E-state index in [-0.39, 0.29) is 6.04 Å². The molecule has 1 aromatic heterocycles. The third kappa shape index (κ3) is 4.09. The van der Waals surface area contributed by atoms with Crippen LogP contribution in [0.25, 0.3) is 28.1 Å². The van der Waals surface area contributed by atoms with E-state index in [4.69, 9.17) is 4.74 Å². The summed E-state index contributed by atoms with van der Waals surface area (Å²) in [7, 11) is 0. The van der Waals surface area contributed by atoms with E-state index in [1.165, 1.54) is 16.7 Å². The van der Waals surface area contributed by atoms with Crippen LogP contribution in [0.5, 0.6) is 11.5 Å². The second kappa shape index (κ2) is 10.6. The van der Waals surface area contributed by atoms with Crippen molar-refractivity contribution in [3.8, 4) is 22.6 Å². The number of anilines is 1. The molecule has 1 atom stereocenters. The minimum absolute atomic E-state index is 0.0647. The summed E-state index contributed by atoms with van der Waals surface area (Å²) >= 11 is 0. The molecule has 3 nitrogen and oxygen atoms in total. The van der Waals surface area contributed by atoms with Crippen LogP contribution in [0.2, 0.25) is 0 Å². The van der Waals surface area contributed by atoms with Gasteiger partial charge in [-0.3, -0.25) is 4.98 Å². The molecule has 0 spiro atoms. The highest BCUT2D eigenvalue weighted by Gasteiger charge is 2.45. The van der Waals surface area contributed by atoms with Crippen LogP contribution in [0.1, 0.15) is 39.4 Å². The summed E-state index contributed by atoms with van der Waals surface area (Å²) in [5, 5.41) is 4.87. The van der Waals surface area contributed by atoms with Gasteiger partial charge in [-0.25, -0.2) is 0 Å². The molecule has 9 rings (SSSR count). The molecule has 0 aliphatic carbocycles. The van der Waals surface area contributed by atoms with Gasteiger partial charge >= 0.3 is 0 Å². The summed E-state index contributed by atoms with van der Waals surface area (Å²) < 4.78 is 6.70. The maximum atomic E-state index is 6.70. The lowest BCUT2D eigenvalue weighted by Crippen LogP contribution is -2.34. The molecular weight excluding hydrogens is 560 g/mol. The number of nitrogens with zero attached hydrogens (tertiary/aromatic N) is 1. The molecule has 0 radical (unpaired) electrons. The number of rotatable bonds is 4. The maximum absolute atomic E-state index is 6.70. The number of fused-ring (bicyclic) bond motifs is 5. The van der Waals surface area contributed by atoms with E-state index >= 15 is 0 Å². The molecular formula is C43H30N2O. The van der Waals surface area contributed by atoms with Crippen molar-refractivity contribution in [3.05, 3.63) is 197 Å². The van der Waals surface area contributed by atoms with Gasteiger partial charge < -0.3 is 10.1 Å². The van der Waals surface area contributed by atoms with Gasteiger partial charge in [0.15, 0.2) is 0 Å². The van der Waals surface area contributed by atoms with Crippen molar-refractivity contribution < 1.29 is 4.74 Å². The van der Waals surface area contributed by atoms with Gasteiger partial charge in [-0.05, 0) is 51.6 Å². The lowest BCUT2D eigenvalue weighted by molar-refractivity contribution is 0.435. The standard InChI is InChI=1S/C43H30N2O/c1-3-11-34(12-4-1)43(35-13-5-2-6-14-35)36-15-7-8-16-39(36)46-40-28-33(23-25-37(40)43)29-17-19-30(20-18-29)38-26-24-32-22-21-31-10-9-27-44-41(31)42(32)45-38/h1-28,38,45H. The number of para-hydroxylation sites is 1. The first-order valence-corrected chi connectivity index (χ1v) is 15.7. The molecule has 0 bridgehead atoms.